The van der Waals surface area contributed by atoms with Crippen LogP contribution in [-0.4, -0.2) is 9.78 Å². The smallest absolute Gasteiger partial charge is 0.0896 e. The Hall–Kier alpha value is -0.880. The molecular formula is C13H16BrClN4. The van der Waals surface area contributed by atoms with Crippen molar-refractivity contribution in [1.29, 1.82) is 0 Å². The molecule has 0 radical (unpaired) electrons. The van der Waals surface area contributed by atoms with Crippen LogP contribution >= 0.6 is 27.5 Å². The highest BCUT2D eigenvalue weighted by Gasteiger charge is 2.22. The lowest BCUT2D eigenvalue weighted by molar-refractivity contribution is 0.542. The Morgan fingerprint density at radius 3 is 2.84 bits per heavy atom. The number of hydrogen-bond donors (Lipinski definition) is 2. The summed E-state index contributed by atoms with van der Waals surface area (Å²) in [5, 5.41) is 4.87. The minimum Gasteiger partial charge on any atom is -0.271 e. The second-order valence-corrected chi connectivity index (χ2v) is 5.62. The molecule has 0 fully saturated rings. The van der Waals surface area contributed by atoms with Crippen LogP contribution < -0.4 is 11.3 Å². The molecule has 0 aliphatic rings. The van der Waals surface area contributed by atoms with Crippen molar-refractivity contribution in [2.45, 2.75) is 26.4 Å². The first-order valence-electron chi connectivity index (χ1n) is 6.01. The Labute approximate surface area is 126 Å². The number of halogens is 2. The third-order valence-corrected chi connectivity index (χ3v) is 3.90. The number of benzene rings is 1. The molecule has 0 amide bonds. The maximum atomic E-state index is 6.24. The molecule has 102 valence electrons. The van der Waals surface area contributed by atoms with Crippen LogP contribution in [0.25, 0.3) is 0 Å². The van der Waals surface area contributed by atoms with Crippen LogP contribution in [0.3, 0.4) is 0 Å². The van der Waals surface area contributed by atoms with Gasteiger partial charge in [-0.15, -0.1) is 0 Å². The molecule has 19 heavy (non-hydrogen) atoms. The molecule has 1 atom stereocenters. The largest absolute Gasteiger partial charge is 0.271 e. The molecule has 1 heterocycles. The highest BCUT2D eigenvalue weighted by molar-refractivity contribution is 9.10. The van der Waals surface area contributed by atoms with Crippen LogP contribution in [0.1, 0.15) is 29.8 Å². The normalized spacial score (nSPS) is 12.7. The van der Waals surface area contributed by atoms with Gasteiger partial charge in [-0.3, -0.25) is 10.5 Å². The van der Waals surface area contributed by atoms with Gasteiger partial charge in [0.15, 0.2) is 0 Å². The number of nitrogens with two attached hydrogens (primary N) is 1. The first-order chi connectivity index (χ1) is 9.08. The number of nitrogens with zero attached hydrogens (tertiary/aromatic N) is 2. The monoisotopic (exact) mass is 342 g/mol. The van der Waals surface area contributed by atoms with Crippen LogP contribution in [0.15, 0.2) is 28.9 Å². The van der Waals surface area contributed by atoms with Crippen molar-refractivity contribution in [3.05, 3.63) is 50.7 Å². The Morgan fingerprint density at radius 2 is 2.26 bits per heavy atom. The quantitative estimate of drug-likeness (QED) is 0.662. The van der Waals surface area contributed by atoms with Crippen LogP contribution in [0.2, 0.25) is 5.02 Å². The molecule has 3 N–H and O–H groups in total. The van der Waals surface area contributed by atoms with E-state index in [0.717, 1.165) is 27.8 Å². The number of rotatable bonds is 4. The average Bonchev–Trinajstić information content (AvgIpc) is 2.74. The van der Waals surface area contributed by atoms with Crippen molar-refractivity contribution in [3.8, 4) is 0 Å². The molecule has 6 heteroatoms. The average molecular weight is 344 g/mol. The van der Waals surface area contributed by atoms with E-state index in [1.54, 1.807) is 6.20 Å². The van der Waals surface area contributed by atoms with Gasteiger partial charge in [0.1, 0.15) is 0 Å². The third-order valence-electron chi connectivity index (χ3n) is 3.12. The van der Waals surface area contributed by atoms with Gasteiger partial charge in [0.05, 0.1) is 23.0 Å². The van der Waals surface area contributed by atoms with Gasteiger partial charge in [-0.05, 0) is 37.1 Å². The van der Waals surface area contributed by atoms with E-state index in [0.29, 0.717) is 5.02 Å². The van der Waals surface area contributed by atoms with Gasteiger partial charge in [-0.1, -0.05) is 33.6 Å². The van der Waals surface area contributed by atoms with Crippen LogP contribution in [0.4, 0.5) is 0 Å². The second kappa shape index (κ2) is 6.05. The molecule has 1 aromatic heterocycles. The summed E-state index contributed by atoms with van der Waals surface area (Å²) in [5.41, 5.74) is 5.94. The lowest BCUT2D eigenvalue weighted by atomic mass is 9.99. The van der Waals surface area contributed by atoms with Crippen molar-refractivity contribution in [3.63, 3.8) is 0 Å². The molecular weight excluding hydrogens is 328 g/mol. The lowest BCUT2D eigenvalue weighted by Crippen LogP contribution is -2.31. The minimum atomic E-state index is -0.178. The van der Waals surface area contributed by atoms with Gasteiger partial charge in [0.2, 0.25) is 0 Å². The summed E-state index contributed by atoms with van der Waals surface area (Å²) in [6.45, 7) is 4.82. The van der Waals surface area contributed by atoms with Crippen LogP contribution in [0, 0.1) is 6.92 Å². The Morgan fingerprint density at radius 1 is 1.53 bits per heavy atom. The van der Waals surface area contributed by atoms with E-state index >= 15 is 0 Å². The molecule has 2 rings (SSSR count). The van der Waals surface area contributed by atoms with Crippen LogP contribution in [0.5, 0.6) is 0 Å². The fourth-order valence-corrected chi connectivity index (χ4v) is 2.92. The standard InChI is InChI=1S/C13H16BrClN4/c1-3-19-13(11(15)7-17-19)12(18-16)10-5-4-9(14)6-8(10)2/h4-7,12,18H,3,16H2,1-2H3. The van der Waals surface area contributed by atoms with Crippen molar-refractivity contribution in [1.82, 2.24) is 15.2 Å². The minimum absolute atomic E-state index is 0.178. The molecule has 4 nitrogen and oxygen atoms in total. The van der Waals surface area contributed by atoms with Gasteiger partial charge < -0.3 is 0 Å². The molecule has 0 aliphatic heterocycles. The zero-order chi connectivity index (χ0) is 14.0. The zero-order valence-corrected chi connectivity index (χ0v) is 13.2. The van der Waals surface area contributed by atoms with E-state index in [9.17, 15) is 0 Å². The topological polar surface area (TPSA) is 55.9 Å². The van der Waals surface area contributed by atoms with E-state index in [2.05, 4.69) is 32.5 Å². The predicted molar refractivity (Wildman–Crippen MR) is 81.0 cm³/mol. The van der Waals surface area contributed by atoms with Crippen LogP contribution in [-0.2, 0) is 6.54 Å². The van der Waals surface area contributed by atoms with Gasteiger partial charge in [-0.2, -0.15) is 5.10 Å². The second-order valence-electron chi connectivity index (χ2n) is 4.29. The molecule has 0 aliphatic carbocycles. The van der Waals surface area contributed by atoms with E-state index < -0.39 is 0 Å². The molecule has 1 aromatic carbocycles. The van der Waals surface area contributed by atoms with Crippen molar-refractivity contribution in [2.24, 2.45) is 5.84 Å². The zero-order valence-electron chi connectivity index (χ0n) is 10.8. The Bertz CT molecular complexity index is 582. The number of aryl methyl sites for hydroxylation is 2. The molecule has 0 spiro atoms. The molecule has 1 unspecified atom stereocenters. The van der Waals surface area contributed by atoms with Gasteiger partial charge in [0.25, 0.3) is 0 Å². The fraction of sp³-hybridized carbons (Fsp3) is 0.308. The molecule has 0 saturated heterocycles. The Balaban J connectivity index is 2.52. The first kappa shape index (κ1) is 14.5. The van der Waals surface area contributed by atoms with Gasteiger partial charge in [0, 0.05) is 11.0 Å². The summed E-state index contributed by atoms with van der Waals surface area (Å²) in [5.74, 6) is 5.73. The summed E-state index contributed by atoms with van der Waals surface area (Å²) in [6, 6.07) is 5.91. The van der Waals surface area contributed by atoms with Crippen molar-refractivity contribution in [2.75, 3.05) is 0 Å². The van der Waals surface area contributed by atoms with Gasteiger partial charge >= 0.3 is 0 Å². The maximum Gasteiger partial charge on any atom is 0.0896 e. The summed E-state index contributed by atoms with van der Waals surface area (Å²) in [7, 11) is 0. The van der Waals surface area contributed by atoms with Gasteiger partial charge in [-0.25, -0.2) is 5.43 Å². The van der Waals surface area contributed by atoms with E-state index in [1.165, 1.54) is 0 Å². The fourth-order valence-electron chi connectivity index (χ4n) is 2.19. The summed E-state index contributed by atoms with van der Waals surface area (Å²) < 4.78 is 2.90. The number of aromatic nitrogens is 2. The number of nitrogens with one attached hydrogen (secondary N) is 1. The van der Waals surface area contributed by atoms with E-state index in [4.69, 9.17) is 17.4 Å². The first-order valence-corrected chi connectivity index (χ1v) is 7.19. The predicted octanol–water partition coefficient (Wildman–Crippen LogP) is 3.18. The lowest BCUT2D eigenvalue weighted by Gasteiger charge is -2.20. The molecule has 0 saturated carbocycles. The Kier molecular flexibility index (Phi) is 4.62. The molecule has 2 aromatic rings. The number of hydrogen-bond acceptors (Lipinski definition) is 3. The molecule has 0 bridgehead atoms. The third kappa shape index (κ3) is 2.84. The SMILES string of the molecule is CCn1ncc(Cl)c1C(NN)c1ccc(Br)cc1C. The van der Waals surface area contributed by atoms with E-state index in [-0.39, 0.29) is 6.04 Å². The highest BCUT2D eigenvalue weighted by atomic mass is 79.9. The summed E-state index contributed by atoms with van der Waals surface area (Å²) in [6.07, 6.45) is 1.65. The van der Waals surface area contributed by atoms with E-state index in [1.807, 2.05) is 30.7 Å². The number of hydrazine groups is 1. The van der Waals surface area contributed by atoms with Crippen molar-refractivity contribution < 1.29 is 0 Å². The highest BCUT2D eigenvalue weighted by Crippen LogP contribution is 2.30. The van der Waals surface area contributed by atoms with Crippen molar-refractivity contribution >= 4 is 27.5 Å². The summed E-state index contributed by atoms with van der Waals surface area (Å²) >= 11 is 9.71. The maximum absolute atomic E-state index is 6.24. The summed E-state index contributed by atoms with van der Waals surface area (Å²) in [4.78, 5) is 0.